The molecule has 74 valence electrons. The highest BCUT2D eigenvalue weighted by atomic mass is 32.1. The van der Waals surface area contributed by atoms with E-state index in [1.54, 1.807) is 10.9 Å². The SMILES string of the molecule is C(=S=Cc1ccccc1)c1ccccc1. The van der Waals surface area contributed by atoms with Gasteiger partial charge in [-0.2, -0.15) is 10.9 Å². The Morgan fingerprint density at radius 3 is 1.40 bits per heavy atom. The quantitative estimate of drug-likeness (QED) is 0.669. The molecular weight excluding hydrogens is 200 g/mol. The Morgan fingerprint density at radius 1 is 0.600 bits per heavy atom. The van der Waals surface area contributed by atoms with Gasteiger partial charge in [0.05, 0.1) is 0 Å². The van der Waals surface area contributed by atoms with E-state index in [0.29, 0.717) is 0 Å². The van der Waals surface area contributed by atoms with Crippen LogP contribution >= 0.6 is 10.9 Å². The van der Waals surface area contributed by atoms with Gasteiger partial charge in [-0.05, 0) is 21.9 Å². The first-order valence-electron chi connectivity index (χ1n) is 4.87. The van der Waals surface area contributed by atoms with Crippen LogP contribution in [0.25, 0.3) is 0 Å². The zero-order chi connectivity index (χ0) is 10.3. The highest BCUT2D eigenvalue weighted by molar-refractivity contribution is 7.96. The molecule has 15 heavy (non-hydrogen) atoms. The van der Waals surface area contributed by atoms with Gasteiger partial charge in [0, 0.05) is 0 Å². The largest absolute Gasteiger partial charge is 0.151 e. The molecule has 0 nitrogen and oxygen atoms in total. The summed E-state index contributed by atoms with van der Waals surface area (Å²) in [6.07, 6.45) is 0. The van der Waals surface area contributed by atoms with E-state index in [1.165, 1.54) is 11.1 Å². The molecule has 0 heterocycles. The standard InChI is InChI=1S/C14H12S/c1-3-7-13(8-4-1)11-15-12-14-9-5-2-6-10-14/h1-12H. The number of hydrogen-bond acceptors (Lipinski definition) is 0. The van der Waals surface area contributed by atoms with Crippen LogP contribution in [0.2, 0.25) is 0 Å². The lowest BCUT2D eigenvalue weighted by molar-refractivity contribution is 1.69. The van der Waals surface area contributed by atoms with Crippen LogP contribution in [-0.2, 0) is 0 Å². The Labute approximate surface area is 93.7 Å². The lowest BCUT2D eigenvalue weighted by atomic mass is 10.2. The smallest absolute Gasteiger partial charge is 0.00208 e. The van der Waals surface area contributed by atoms with Crippen LogP contribution in [0.1, 0.15) is 11.1 Å². The van der Waals surface area contributed by atoms with Gasteiger partial charge in [0.15, 0.2) is 0 Å². The average molecular weight is 212 g/mol. The Bertz CT molecular complexity index is 422. The van der Waals surface area contributed by atoms with Crippen LogP contribution < -0.4 is 0 Å². The van der Waals surface area contributed by atoms with Gasteiger partial charge in [-0.3, -0.25) is 0 Å². The Hall–Kier alpha value is -1.60. The molecule has 0 saturated heterocycles. The fraction of sp³-hybridized carbons (Fsp3) is 0. The number of benzene rings is 2. The van der Waals surface area contributed by atoms with E-state index in [9.17, 15) is 0 Å². The maximum Gasteiger partial charge on any atom is -0.00208 e. The molecule has 0 atom stereocenters. The van der Waals surface area contributed by atoms with Gasteiger partial charge in [-0.25, -0.2) is 0 Å². The van der Waals surface area contributed by atoms with Crippen molar-refractivity contribution in [2.45, 2.75) is 0 Å². The van der Waals surface area contributed by atoms with Gasteiger partial charge in [0.2, 0.25) is 0 Å². The van der Waals surface area contributed by atoms with E-state index in [2.05, 4.69) is 59.3 Å². The van der Waals surface area contributed by atoms with Crippen molar-refractivity contribution in [1.29, 1.82) is 0 Å². The summed E-state index contributed by atoms with van der Waals surface area (Å²) >= 11 is 0. The maximum absolute atomic E-state index is 2.15. The van der Waals surface area contributed by atoms with E-state index >= 15 is 0 Å². The molecule has 0 aromatic heterocycles. The summed E-state index contributed by atoms with van der Waals surface area (Å²) in [6.45, 7) is 0. The summed E-state index contributed by atoms with van der Waals surface area (Å²) in [4.78, 5) is 0. The first-order chi connectivity index (χ1) is 7.45. The van der Waals surface area contributed by atoms with Crippen molar-refractivity contribution in [3.05, 3.63) is 71.8 Å². The van der Waals surface area contributed by atoms with E-state index in [4.69, 9.17) is 0 Å². The van der Waals surface area contributed by atoms with Crippen LogP contribution in [0.4, 0.5) is 0 Å². The lowest BCUT2D eigenvalue weighted by Crippen LogP contribution is -1.76. The second-order valence-corrected chi connectivity index (χ2v) is 3.94. The molecule has 0 bridgehead atoms. The minimum atomic E-state index is 1.25. The summed E-state index contributed by atoms with van der Waals surface area (Å²) < 4.78 is 0. The predicted molar refractivity (Wildman–Crippen MR) is 70.8 cm³/mol. The van der Waals surface area contributed by atoms with E-state index < -0.39 is 0 Å². The molecule has 0 unspecified atom stereocenters. The molecule has 0 amide bonds. The minimum Gasteiger partial charge on any atom is -0.151 e. The molecule has 0 spiro atoms. The normalized spacial score (nSPS) is 9.33. The van der Waals surface area contributed by atoms with Crippen LogP contribution in [-0.4, -0.2) is 10.7 Å². The lowest BCUT2D eigenvalue weighted by Gasteiger charge is -1.88. The molecular formula is C14H12S. The third kappa shape index (κ3) is 3.22. The summed E-state index contributed by atoms with van der Waals surface area (Å²) in [7, 11) is 1.71. The molecule has 0 saturated carbocycles. The second-order valence-electron chi connectivity index (χ2n) is 3.19. The van der Waals surface area contributed by atoms with Crippen LogP contribution in [0, 0.1) is 0 Å². The summed E-state index contributed by atoms with van der Waals surface area (Å²) in [5, 5.41) is 4.29. The van der Waals surface area contributed by atoms with Crippen molar-refractivity contribution in [1.82, 2.24) is 0 Å². The van der Waals surface area contributed by atoms with Crippen molar-refractivity contribution in [3.8, 4) is 0 Å². The van der Waals surface area contributed by atoms with Crippen molar-refractivity contribution in [3.63, 3.8) is 0 Å². The Balaban J connectivity index is 2.16. The molecule has 0 fully saturated rings. The molecule has 2 aromatic carbocycles. The van der Waals surface area contributed by atoms with Gasteiger partial charge in [-0.1, -0.05) is 60.7 Å². The van der Waals surface area contributed by atoms with Gasteiger partial charge in [-0.15, -0.1) is 0 Å². The summed E-state index contributed by atoms with van der Waals surface area (Å²) in [6, 6.07) is 20.7. The molecule has 2 rings (SSSR count). The molecule has 0 aliphatic heterocycles. The number of hydrogen-bond donors (Lipinski definition) is 0. The Kier molecular flexibility index (Phi) is 3.53. The third-order valence-electron chi connectivity index (χ3n) is 2.01. The van der Waals surface area contributed by atoms with E-state index in [-0.39, 0.29) is 0 Å². The molecule has 0 aliphatic carbocycles. The van der Waals surface area contributed by atoms with E-state index in [1.807, 2.05) is 12.1 Å². The first-order valence-corrected chi connectivity index (χ1v) is 5.81. The molecule has 0 aliphatic rings. The maximum atomic E-state index is 2.15. The van der Waals surface area contributed by atoms with Crippen molar-refractivity contribution in [2.75, 3.05) is 0 Å². The van der Waals surface area contributed by atoms with E-state index in [0.717, 1.165) is 0 Å². The summed E-state index contributed by atoms with van der Waals surface area (Å²) in [5.74, 6) is 0. The van der Waals surface area contributed by atoms with Crippen molar-refractivity contribution < 1.29 is 0 Å². The Morgan fingerprint density at radius 2 is 1.00 bits per heavy atom. The van der Waals surface area contributed by atoms with Crippen molar-refractivity contribution >= 4 is 21.7 Å². The second kappa shape index (κ2) is 5.32. The zero-order valence-corrected chi connectivity index (χ0v) is 9.15. The van der Waals surface area contributed by atoms with Gasteiger partial charge < -0.3 is 0 Å². The first kappa shape index (κ1) is 9.94. The monoisotopic (exact) mass is 212 g/mol. The van der Waals surface area contributed by atoms with Gasteiger partial charge >= 0.3 is 0 Å². The molecule has 1 heteroatoms. The molecule has 0 radical (unpaired) electrons. The van der Waals surface area contributed by atoms with Crippen LogP contribution in [0.5, 0.6) is 0 Å². The van der Waals surface area contributed by atoms with Crippen molar-refractivity contribution in [2.24, 2.45) is 0 Å². The third-order valence-corrected chi connectivity index (χ3v) is 2.82. The predicted octanol–water partition coefficient (Wildman–Crippen LogP) is 3.42. The van der Waals surface area contributed by atoms with Crippen LogP contribution in [0.15, 0.2) is 60.7 Å². The fourth-order valence-electron chi connectivity index (χ4n) is 1.25. The molecule has 2 aromatic rings. The van der Waals surface area contributed by atoms with Gasteiger partial charge in [0.1, 0.15) is 0 Å². The highest BCUT2D eigenvalue weighted by Crippen LogP contribution is 1.97. The fourth-order valence-corrected chi connectivity index (χ4v) is 1.95. The van der Waals surface area contributed by atoms with Crippen LogP contribution in [0.3, 0.4) is 0 Å². The summed E-state index contributed by atoms with van der Waals surface area (Å²) in [5.41, 5.74) is 2.49. The minimum absolute atomic E-state index is 1.25. The topological polar surface area (TPSA) is 0 Å². The molecule has 0 N–H and O–H groups in total. The average Bonchev–Trinajstić information content (AvgIpc) is 2.32. The number of rotatable bonds is 2. The highest BCUT2D eigenvalue weighted by Gasteiger charge is 1.81. The zero-order valence-electron chi connectivity index (χ0n) is 8.34. The van der Waals surface area contributed by atoms with Gasteiger partial charge in [0.25, 0.3) is 0 Å².